The third-order valence-electron chi connectivity index (χ3n) is 2.38. The summed E-state index contributed by atoms with van der Waals surface area (Å²) in [7, 11) is 1.70. The molecule has 0 spiro atoms. The van der Waals surface area contributed by atoms with Gasteiger partial charge in [-0.2, -0.15) is 5.48 Å². The van der Waals surface area contributed by atoms with Gasteiger partial charge in [-0.15, -0.1) is 0 Å². The molecule has 1 saturated carbocycles. The average Bonchev–Trinajstić information content (AvgIpc) is 1.94. The van der Waals surface area contributed by atoms with Gasteiger partial charge in [-0.1, -0.05) is 19.8 Å². The molecule has 2 atom stereocenters. The minimum absolute atomic E-state index is 0.596. The predicted octanol–water partition coefficient (Wildman–Crippen LogP) is 1.72. The molecule has 2 nitrogen and oxygen atoms in total. The number of hydrogen-bond donors (Lipinski definition) is 1. The van der Waals surface area contributed by atoms with Crippen molar-refractivity contribution >= 4 is 0 Å². The van der Waals surface area contributed by atoms with Crippen molar-refractivity contribution in [2.75, 3.05) is 7.11 Å². The molecule has 0 bridgehead atoms. The smallest absolute Gasteiger partial charge is 0.0572 e. The summed E-state index contributed by atoms with van der Waals surface area (Å²) in [6, 6.07) is 0.596. The summed E-state index contributed by atoms with van der Waals surface area (Å²) in [5.41, 5.74) is 3.03. The van der Waals surface area contributed by atoms with Gasteiger partial charge in [0.1, 0.15) is 0 Å². The first-order valence-corrected chi connectivity index (χ1v) is 4.13. The molecule has 0 saturated heterocycles. The first-order chi connectivity index (χ1) is 4.84. The fourth-order valence-corrected chi connectivity index (χ4v) is 1.64. The van der Waals surface area contributed by atoms with Crippen LogP contribution in [0.15, 0.2) is 0 Å². The topological polar surface area (TPSA) is 21.3 Å². The molecule has 60 valence electrons. The van der Waals surface area contributed by atoms with Gasteiger partial charge in [0.25, 0.3) is 0 Å². The number of nitrogens with one attached hydrogen (secondary N) is 1. The SMILES string of the molecule is CONC1CCCCC1C. The Balaban J connectivity index is 2.25. The second kappa shape index (κ2) is 3.94. The molecule has 0 aliphatic heterocycles. The fourth-order valence-electron chi connectivity index (χ4n) is 1.64. The Morgan fingerprint density at radius 3 is 2.60 bits per heavy atom. The summed E-state index contributed by atoms with van der Waals surface area (Å²) in [5, 5.41) is 0. The Bertz CT molecular complexity index is 93.3. The van der Waals surface area contributed by atoms with Gasteiger partial charge in [0.15, 0.2) is 0 Å². The summed E-state index contributed by atoms with van der Waals surface area (Å²) in [5.74, 6) is 0.786. The fraction of sp³-hybridized carbons (Fsp3) is 1.00. The molecule has 0 aromatic rings. The summed E-state index contributed by atoms with van der Waals surface area (Å²) in [4.78, 5) is 4.90. The zero-order valence-electron chi connectivity index (χ0n) is 6.89. The highest BCUT2D eigenvalue weighted by Crippen LogP contribution is 2.23. The van der Waals surface area contributed by atoms with E-state index in [0.717, 1.165) is 5.92 Å². The minimum Gasteiger partial charge on any atom is -0.305 e. The van der Waals surface area contributed by atoms with Crippen LogP contribution >= 0.6 is 0 Å². The van der Waals surface area contributed by atoms with Crippen LogP contribution in [0.5, 0.6) is 0 Å². The first-order valence-electron chi connectivity index (χ1n) is 4.13. The molecule has 0 aromatic carbocycles. The van der Waals surface area contributed by atoms with Crippen molar-refractivity contribution in [1.82, 2.24) is 5.48 Å². The Labute approximate surface area is 62.9 Å². The van der Waals surface area contributed by atoms with E-state index in [1.807, 2.05) is 0 Å². The van der Waals surface area contributed by atoms with Crippen LogP contribution < -0.4 is 5.48 Å². The average molecular weight is 143 g/mol. The van der Waals surface area contributed by atoms with Crippen LogP contribution in [-0.2, 0) is 4.84 Å². The van der Waals surface area contributed by atoms with E-state index in [4.69, 9.17) is 4.84 Å². The van der Waals surface area contributed by atoms with Crippen LogP contribution in [0.25, 0.3) is 0 Å². The third-order valence-corrected chi connectivity index (χ3v) is 2.38. The maximum Gasteiger partial charge on any atom is 0.0572 e. The molecular formula is C8H17NO. The Kier molecular flexibility index (Phi) is 3.16. The molecular weight excluding hydrogens is 126 g/mol. The maximum absolute atomic E-state index is 4.90. The summed E-state index contributed by atoms with van der Waals surface area (Å²) in [6.07, 6.45) is 5.37. The van der Waals surface area contributed by atoms with E-state index in [2.05, 4.69) is 12.4 Å². The second-order valence-corrected chi connectivity index (χ2v) is 3.19. The lowest BCUT2D eigenvalue weighted by Crippen LogP contribution is -2.36. The van der Waals surface area contributed by atoms with Gasteiger partial charge in [-0.25, -0.2) is 0 Å². The van der Waals surface area contributed by atoms with Gasteiger partial charge >= 0.3 is 0 Å². The molecule has 1 aliphatic carbocycles. The summed E-state index contributed by atoms with van der Waals surface area (Å²) >= 11 is 0. The Morgan fingerprint density at radius 1 is 1.30 bits per heavy atom. The van der Waals surface area contributed by atoms with Crippen molar-refractivity contribution in [2.24, 2.45) is 5.92 Å². The second-order valence-electron chi connectivity index (χ2n) is 3.19. The normalized spacial score (nSPS) is 34.2. The van der Waals surface area contributed by atoms with Crippen molar-refractivity contribution in [3.8, 4) is 0 Å². The molecule has 1 N–H and O–H groups in total. The molecule has 1 fully saturated rings. The van der Waals surface area contributed by atoms with Crippen molar-refractivity contribution in [1.29, 1.82) is 0 Å². The van der Waals surface area contributed by atoms with Crippen molar-refractivity contribution in [3.05, 3.63) is 0 Å². The van der Waals surface area contributed by atoms with Crippen LogP contribution in [0, 0.1) is 5.92 Å². The number of hydroxylamine groups is 1. The van der Waals surface area contributed by atoms with Crippen LogP contribution in [0.4, 0.5) is 0 Å². The van der Waals surface area contributed by atoms with E-state index in [-0.39, 0.29) is 0 Å². The lowest BCUT2D eigenvalue weighted by atomic mass is 9.86. The molecule has 1 rings (SSSR count). The van der Waals surface area contributed by atoms with E-state index in [0.29, 0.717) is 6.04 Å². The Morgan fingerprint density at radius 2 is 2.00 bits per heavy atom. The highest BCUT2D eigenvalue weighted by molar-refractivity contribution is 4.74. The van der Waals surface area contributed by atoms with Crippen LogP contribution in [0.2, 0.25) is 0 Å². The molecule has 0 amide bonds. The highest BCUT2D eigenvalue weighted by Gasteiger charge is 2.20. The number of hydrogen-bond acceptors (Lipinski definition) is 2. The lowest BCUT2D eigenvalue weighted by Gasteiger charge is -2.28. The highest BCUT2D eigenvalue weighted by atomic mass is 16.6. The molecule has 10 heavy (non-hydrogen) atoms. The first kappa shape index (κ1) is 8.02. The summed E-state index contributed by atoms with van der Waals surface area (Å²) < 4.78 is 0. The van der Waals surface area contributed by atoms with Crippen molar-refractivity contribution < 1.29 is 4.84 Å². The van der Waals surface area contributed by atoms with E-state index in [1.54, 1.807) is 7.11 Å². The van der Waals surface area contributed by atoms with Gasteiger partial charge in [0.05, 0.1) is 7.11 Å². The van der Waals surface area contributed by atoms with Crippen molar-refractivity contribution in [3.63, 3.8) is 0 Å². The molecule has 2 unspecified atom stereocenters. The van der Waals surface area contributed by atoms with Crippen LogP contribution in [0.1, 0.15) is 32.6 Å². The largest absolute Gasteiger partial charge is 0.305 e. The standard InChI is InChI=1S/C8H17NO/c1-7-5-3-4-6-8(7)9-10-2/h7-9H,3-6H2,1-2H3. The zero-order valence-corrected chi connectivity index (χ0v) is 6.89. The van der Waals surface area contributed by atoms with Gasteiger partial charge in [0.2, 0.25) is 0 Å². The van der Waals surface area contributed by atoms with E-state index in [9.17, 15) is 0 Å². The molecule has 0 radical (unpaired) electrons. The minimum atomic E-state index is 0.596. The van der Waals surface area contributed by atoms with E-state index < -0.39 is 0 Å². The lowest BCUT2D eigenvalue weighted by molar-refractivity contribution is 0.0311. The molecule has 0 heterocycles. The van der Waals surface area contributed by atoms with E-state index in [1.165, 1.54) is 25.7 Å². The van der Waals surface area contributed by atoms with Crippen molar-refractivity contribution in [2.45, 2.75) is 38.6 Å². The predicted molar refractivity (Wildman–Crippen MR) is 41.6 cm³/mol. The maximum atomic E-state index is 4.90. The molecule has 0 aromatic heterocycles. The van der Waals surface area contributed by atoms with Gasteiger partial charge in [-0.05, 0) is 18.8 Å². The zero-order chi connectivity index (χ0) is 7.40. The van der Waals surface area contributed by atoms with Gasteiger partial charge in [-0.3, -0.25) is 0 Å². The molecule has 1 aliphatic rings. The third kappa shape index (κ3) is 1.96. The number of rotatable bonds is 2. The van der Waals surface area contributed by atoms with Crippen LogP contribution in [-0.4, -0.2) is 13.2 Å². The van der Waals surface area contributed by atoms with Gasteiger partial charge < -0.3 is 4.84 Å². The van der Waals surface area contributed by atoms with Gasteiger partial charge in [0, 0.05) is 6.04 Å². The monoisotopic (exact) mass is 143 g/mol. The quantitative estimate of drug-likeness (QED) is 0.594. The Hall–Kier alpha value is -0.0800. The van der Waals surface area contributed by atoms with Crippen LogP contribution in [0.3, 0.4) is 0 Å². The van der Waals surface area contributed by atoms with E-state index >= 15 is 0 Å². The summed E-state index contributed by atoms with van der Waals surface area (Å²) in [6.45, 7) is 2.29. The molecule has 2 heteroatoms.